The first-order valence-electron chi connectivity index (χ1n) is 13.5. The van der Waals surface area contributed by atoms with Gasteiger partial charge in [0.1, 0.15) is 6.61 Å². The second kappa shape index (κ2) is 13.6. The molecule has 1 atom stereocenters. The number of carboxylic acid groups (broad SMARTS) is 1. The third kappa shape index (κ3) is 7.69. The molecule has 0 radical (unpaired) electrons. The van der Waals surface area contributed by atoms with Crippen molar-refractivity contribution >= 4 is 18.0 Å². The summed E-state index contributed by atoms with van der Waals surface area (Å²) in [5.41, 5.74) is 5.70. The molecule has 1 aliphatic rings. The second-order valence-electron chi connectivity index (χ2n) is 10.1. The first kappa shape index (κ1) is 27.9. The average Bonchev–Trinajstić information content (AvgIpc) is 3.27. The highest BCUT2D eigenvalue weighted by atomic mass is 16.5. The number of carboxylic acids is 1. The van der Waals surface area contributed by atoms with Crippen molar-refractivity contribution in [2.75, 3.05) is 19.7 Å². The molecule has 4 rings (SSSR count). The van der Waals surface area contributed by atoms with E-state index >= 15 is 0 Å². The van der Waals surface area contributed by atoms with Gasteiger partial charge < -0.3 is 20.1 Å². The van der Waals surface area contributed by atoms with Crippen molar-refractivity contribution in [3.63, 3.8) is 0 Å². The fourth-order valence-electron chi connectivity index (χ4n) is 5.07. The Labute approximate surface area is 229 Å². The summed E-state index contributed by atoms with van der Waals surface area (Å²) >= 11 is 0. The molecule has 7 nitrogen and oxygen atoms in total. The number of alkyl carbamates (subject to hydrolysis) is 1. The summed E-state index contributed by atoms with van der Waals surface area (Å²) in [6, 6.07) is 26.0. The molecule has 2 amide bonds. The lowest BCUT2D eigenvalue weighted by Crippen LogP contribution is -2.33. The molecule has 0 saturated carbocycles. The Morgan fingerprint density at radius 2 is 1.49 bits per heavy atom. The summed E-state index contributed by atoms with van der Waals surface area (Å²) in [7, 11) is 0. The topological polar surface area (TPSA) is 95.9 Å². The van der Waals surface area contributed by atoms with Crippen LogP contribution in [0.4, 0.5) is 4.79 Å². The Hall–Kier alpha value is -4.13. The SMILES string of the molecule is CC(CCNC(=O)OCC1c2ccccc2-c2ccccc21)CCC(=O)N(CCC(=O)O)Cc1ccccc1. The molecule has 0 saturated heterocycles. The van der Waals surface area contributed by atoms with E-state index < -0.39 is 12.1 Å². The first-order valence-corrected chi connectivity index (χ1v) is 13.5. The van der Waals surface area contributed by atoms with Gasteiger partial charge in [-0.05, 0) is 46.6 Å². The van der Waals surface area contributed by atoms with E-state index in [4.69, 9.17) is 9.84 Å². The summed E-state index contributed by atoms with van der Waals surface area (Å²) in [6.07, 6.45) is 1.17. The number of nitrogens with zero attached hydrogens (tertiary/aromatic N) is 1. The van der Waals surface area contributed by atoms with Crippen LogP contribution in [0.25, 0.3) is 11.1 Å². The number of amides is 2. The molecule has 204 valence electrons. The quantitative estimate of drug-likeness (QED) is 0.291. The fourth-order valence-corrected chi connectivity index (χ4v) is 5.07. The van der Waals surface area contributed by atoms with Crippen LogP contribution in [-0.2, 0) is 20.9 Å². The molecule has 0 fully saturated rings. The highest BCUT2D eigenvalue weighted by molar-refractivity contribution is 5.79. The molecular formula is C32H36N2O5. The molecule has 1 aliphatic carbocycles. The van der Waals surface area contributed by atoms with Crippen LogP contribution in [0, 0.1) is 5.92 Å². The zero-order chi connectivity index (χ0) is 27.6. The number of carbonyl (C=O) groups excluding carboxylic acids is 2. The number of fused-ring (bicyclic) bond motifs is 3. The summed E-state index contributed by atoms with van der Waals surface area (Å²) in [5, 5.41) is 11.9. The monoisotopic (exact) mass is 528 g/mol. The lowest BCUT2D eigenvalue weighted by Gasteiger charge is -2.23. The number of benzene rings is 3. The van der Waals surface area contributed by atoms with E-state index in [-0.39, 0.29) is 37.3 Å². The molecular weight excluding hydrogens is 492 g/mol. The largest absolute Gasteiger partial charge is 0.481 e. The van der Waals surface area contributed by atoms with Crippen LogP contribution >= 0.6 is 0 Å². The molecule has 0 spiro atoms. The van der Waals surface area contributed by atoms with E-state index in [9.17, 15) is 14.4 Å². The van der Waals surface area contributed by atoms with Crippen LogP contribution in [0.3, 0.4) is 0 Å². The third-order valence-electron chi connectivity index (χ3n) is 7.27. The molecule has 0 heterocycles. The van der Waals surface area contributed by atoms with Crippen LogP contribution in [0.1, 0.15) is 55.2 Å². The van der Waals surface area contributed by atoms with Gasteiger partial charge in [0.15, 0.2) is 0 Å². The van der Waals surface area contributed by atoms with Gasteiger partial charge in [0.25, 0.3) is 0 Å². The van der Waals surface area contributed by atoms with E-state index in [0.29, 0.717) is 32.4 Å². The Kier molecular flexibility index (Phi) is 9.73. The normalized spacial score (nSPS) is 12.7. The summed E-state index contributed by atoms with van der Waals surface area (Å²) < 4.78 is 5.60. The maximum atomic E-state index is 12.9. The van der Waals surface area contributed by atoms with Gasteiger partial charge in [-0.25, -0.2) is 4.79 Å². The van der Waals surface area contributed by atoms with Gasteiger partial charge in [-0.15, -0.1) is 0 Å². The standard InChI is InChI=1S/C32H36N2O5/c1-23(15-16-30(35)34(20-18-31(36)37)21-24-9-3-2-4-10-24)17-19-33-32(38)39-22-29-27-13-7-5-11-25(27)26-12-6-8-14-28(26)29/h2-14,23,29H,15-22H2,1H3,(H,33,38)(H,36,37). The number of hydrogen-bond donors (Lipinski definition) is 2. The lowest BCUT2D eigenvalue weighted by atomic mass is 9.98. The smallest absolute Gasteiger partial charge is 0.407 e. The minimum absolute atomic E-state index is 0.0213. The maximum absolute atomic E-state index is 12.9. The van der Waals surface area contributed by atoms with Gasteiger partial charge in [-0.2, -0.15) is 0 Å². The predicted molar refractivity (Wildman–Crippen MR) is 150 cm³/mol. The highest BCUT2D eigenvalue weighted by Crippen LogP contribution is 2.44. The van der Waals surface area contributed by atoms with Crippen molar-refractivity contribution in [1.82, 2.24) is 10.2 Å². The molecule has 0 bridgehead atoms. The molecule has 0 aliphatic heterocycles. The number of ether oxygens (including phenoxy) is 1. The van der Waals surface area contributed by atoms with Crippen LogP contribution in [-0.4, -0.2) is 47.7 Å². The number of rotatable bonds is 13. The van der Waals surface area contributed by atoms with E-state index in [2.05, 4.69) is 29.6 Å². The zero-order valence-electron chi connectivity index (χ0n) is 22.3. The van der Waals surface area contributed by atoms with E-state index in [0.717, 1.165) is 5.56 Å². The summed E-state index contributed by atoms with van der Waals surface area (Å²) in [4.78, 5) is 38.0. The third-order valence-corrected chi connectivity index (χ3v) is 7.27. The molecule has 39 heavy (non-hydrogen) atoms. The van der Waals surface area contributed by atoms with E-state index in [1.54, 1.807) is 4.90 Å². The van der Waals surface area contributed by atoms with Gasteiger partial charge in [-0.1, -0.05) is 85.8 Å². The van der Waals surface area contributed by atoms with Gasteiger partial charge in [0.2, 0.25) is 5.91 Å². The first-order chi connectivity index (χ1) is 18.9. The Balaban J connectivity index is 1.19. The predicted octanol–water partition coefficient (Wildman–Crippen LogP) is 5.84. The number of nitrogens with one attached hydrogen (secondary N) is 1. The minimum Gasteiger partial charge on any atom is -0.481 e. The van der Waals surface area contributed by atoms with Gasteiger partial charge in [0, 0.05) is 32.0 Å². The maximum Gasteiger partial charge on any atom is 0.407 e. The summed E-state index contributed by atoms with van der Waals surface area (Å²) in [6.45, 7) is 3.35. The van der Waals surface area contributed by atoms with E-state index in [1.165, 1.54) is 22.3 Å². The second-order valence-corrected chi connectivity index (χ2v) is 10.1. The van der Waals surface area contributed by atoms with Crippen molar-refractivity contribution < 1.29 is 24.2 Å². The van der Waals surface area contributed by atoms with Gasteiger partial charge >= 0.3 is 12.1 Å². The molecule has 3 aromatic rings. The van der Waals surface area contributed by atoms with Gasteiger partial charge in [-0.3, -0.25) is 9.59 Å². The molecule has 3 aromatic carbocycles. The molecule has 2 N–H and O–H groups in total. The Morgan fingerprint density at radius 3 is 2.13 bits per heavy atom. The summed E-state index contributed by atoms with van der Waals surface area (Å²) in [5.74, 6) is -0.751. The number of hydrogen-bond acceptors (Lipinski definition) is 4. The van der Waals surface area contributed by atoms with E-state index in [1.807, 2.05) is 61.5 Å². The Bertz CT molecular complexity index is 1230. The lowest BCUT2D eigenvalue weighted by molar-refractivity contribution is -0.138. The number of aliphatic carboxylic acids is 1. The number of carbonyl (C=O) groups is 3. The van der Waals surface area contributed by atoms with Crippen molar-refractivity contribution in [2.24, 2.45) is 5.92 Å². The molecule has 0 aromatic heterocycles. The van der Waals surface area contributed by atoms with Crippen LogP contribution in [0.5, 0.6) is 0 Å². The van der Waals surface area contributed by atoms with Crippen LogP contribution in [0.2, 0.25) is 0 Å². The van der Waals surface area contributed by atoms with Crippen molar-refractivity contribution in [1.29, 1.82) is 0 Å². The minimum atomic E-state index is -0.923. The Morgan fingerprint density at radius 1 is 0.872 bits per heavy atom. The fraction of sp³-hybridized carbons (Fsp3) is 0.344. The van der Waals surface area contributed by atoms with Gasteiger partial charge in [0.05, 0.1) is 6.42 Å². The van der Waals surface area contributed by atoms with Crippen molar-refractivity contribution in [3.05, 3.63) is 95.6 Å². The van der Waals surface area contributed by atoms with Crippen LogP contribution < -0.4 is 5.32 Å². The zero-order valence-corrected chi connectivity index (χ0v) is 22.3. The van der Waals surface area contributed by atoms with Crippen LogP contribution in [0.15, 0.2) is 78.9 Å². The molecule has 1 unspecified atom stereocenters. The average molecular weight is 529 g/mol. The highest BCUT2D eigenvalue weighted by Gasteiger charge is 2.29. The van der Waals surface area contributed by atoms with Crippen molar-refractivity contribution in [3.8, 4) is 11.1 Å². The van der Waals surface area contributed by atoms with Crippen molar-refractivity contribution in [2.45, 2.75) is 45.1 Å². The molecule has 7 heteroatoms.